The first-order valence-corrected chi connectivity index (χ1v) is 17.4. The van der Waals surface area contributed by atoms with Gasteiger partial charge in [0.25, 0.3) is 0 Å². The molecule has 5 nitrogen and oxygen atoms in total. The van der Waals surface area contributed by atoms with Gasteiger partial charge in [0.2, 0.25) is 0 Å². The maximum atomic E-state index is 14.4. The van der Waals surface area contributed by atoms with Crippen LogP contribution in [0.1, 0.15) is 88.5 Å². The van der Waals surface area contributed by atoms with Crippen LogP contribution in [0.15, 0.2) is 102 Å². The van der Waals surface area contributed by atoms with Gasteiger partial charge in [0.1, 0.15) is 6.61 Å². The van der Waals surface area contributed by atoms with Crippen molar-refractivity contribution in [2.45, 2.75) is 85.8 Å². The summed E-state index contributed by atoms with van der Waals surface area (Å²) >= 11 is 6.12. The minimum absolute atomic E-state index is 0.111. The molecule has 2 aliphatic carbocycles. The number of hydrogen-bond acceptors (Lipinski definition) is 5. The molecule has 250 valence electrons. The van der Waals surface area contributed by atoms with Gasteiger partial charge in [-0.25, -0.2) is 0 Å². The number of Topliss-reactive ketones (excluding diaryl/α,β-unsaturated/α-hetero) is 2. The van der Waals surface area contributed by atoms with Crippen molar-refractivity contribution in [2.75, 3.05) is 6.61 Å². The number of halogens is 1. The van der Waals surface area contributed by atoms with E-state index in [-0.39, 0.29) is 22.4 Å². The van der Waals surface area contributed by atoms with Gasteiger partial charge in [0.15, 0.2) is 23.1 Å². The zero-order valence-corrected chi connectivity index (χ0v) is 29.6. The summed E-state index contributed by atoms with van der Waals surface area (Å²) in [6, 6.07) is 22.1. The Labute approximate surface area is 290 Å². The Bertz CT molecular complexity index is 1740. The summed E-state index contributed by atoms with van der Waals surface area (Å²) in [5, 5.41) is 0.670. The zero-order valence-electron chi connectivity index (χ0n) is 28.8. The lowest BCUT2D eigenvalue weighted by Gasteiger charge is -2.49. The summed E-state index contributed by atoms with van der Waals surface area (Å²) in [6.45, 7) is 16.1. The maximum absolute atomic E-state index is 14.4. The Kier molecular flexibility index (Phi) is 9.46. The van der Waals surface area contributed by atoms with E-state index in [1.807, 2.05) is 61.5 Å². The molecule has 0 radical (unpaired) electrons. The number of ketones is 2. The van der Waals surface area contributed by atoms with E-state index in [9.17, 15) is 9.59 Å². The van der Waals surface area contributed by atoms with E-state index >= 15 is 0 Å². The summed E-state index contributed by atoms with van der Waals surface area (Å²) in [6.07, 6.45) is 4.76. The minimum Gasteiger partial charge on any atom is -0.490 e. The van der Waals surface area contributed by atoms with Crippen LogP contribution in [0, 0.1) is 10.8 Å². The fourth-order valence-electron chi connectivity index (χ4n) is 7.66. The fraction of sp³-hybridized carbons (Fsp3) is 0.381. The van der Waals surface area contributed by atoms with Crippen molar-refractivity contribution in [2.24, 2.45) is 10.8 Å². The van der Waals surface area contributed by atoms with Gasteiger partial charge in [-0.15, -0.1) is 6.58 Å². The van der Waals surface area contributed by atoms with E-state index in [4.69, 9.17) is 21.1 Å². The van der Waals surface area contributed by atoms with Gasteiger partial charge >= 0.3 is 0 Å². The van der Waals surface area contributed by atoms with Crippen molar-refractivity contribution < 1.29 is 19.1 Å². The molecule has 0 saturated carbocycles. The van der Waals surface area contributed by atoms with Gasteiger partial charge in [0, 0.05) is 58.4 Å². The van der Waals surface area contributed by atoms with E-state index in [0.29, 0.717) is 55.5 Å². The van der Waals surface area contributed by atoms with Crippen LogP contribution in [0.2, 0.25) is 5.02 Å². The molecule has 0 spiro atoms. The number of ether oxygens (including phenoxy) is 2. The molecule has 0 aromatic heterocycles. The van der Waals surface area contributed by atoms with Crippen molar-refractivity contribution in [1.82, 2.24) is 4.90 Å². The van der Waals surface area contributed by atoms with Gasteiger partial charge < -0.3 is 14.4 Å². The molecular formula is C42H46ClNO4. The molecule has 3 aromatic carbocycles. The number of nitrogens with zero attached hydrogens (tertiary/aromatic N) is 1. The van der Waals surface area contributed by atoms with Gasteiger partial charge in [-0.1, -0.05) is 93.9 Å². The van der Waals surface area contributed by atoms with Crippen molar-refractivity contribution in [3.63, 3.8) is 0 Å². The van der Waals surface area contributed by atoms with Crippen molar-refractivity contribution in [3.8, 4) is 11.5 Å². The maximum Gasteiger partial charge on any atom is 0.165 e. The lowest BCUT2D eigenvalue weighted by atomic mass is 9.63. The molecule has 0 fully saturated rings. The first kappa shape index (κ1) is 33.8. The molecule has 0 saturated heterocycles. The molecule has 1 heterocycles. The van der Waals surface area contributed by atoms with E-state index in [1.54, 1.807) is 0 Å². The zero-order chi connectivity index (χ0) is 34.2. The van der Waals surface area contributed by atoms with Gasteiger partial charge in [-0.2, -0.15) is 0 Å². The molecule has 0 bridgehead atoms. The topological polar surface area (TPSA) is 55.8 Å². The third kappa shape index (κ3) is 6.89. The second kappa shape index (κ2) is 13.4. The first-order valence-electron chi connectivity index (χ1n) is 17.0. The average molecular weight is 664 g/mol. The highest BCUT2D eigenvalue weighted by Crippen LogP contribution is 2.55. The van der Waals surface area contributed by atoms with Crippen molar-refractivity contribution >= 4 is 23.2 Å². The van der Waals surface area contributed by atoms with Gasteiger partial charge in [-0.3, -0.25) is 9.59 Å². The van der Waals surface area contributed by atoms with Crippen molar-refractivity contribution in [1.29, 1.82) is 0 Å². The van der Waals surface area contributed by atoms with Gasteiger partial charge in [0.05, 0.1) is 6.61 Å². The molecule has 6 heteroatoms. The number of allylic oxidation sites excluding steroid dienone is 5. The Morgan fingerprint density at radius 1 is 0.833 bits per heavy atom. The normalized spacial score (nSPS) is 18.8. The van der Waals surface area contributed by atoms with E-state index in [1.165, 1.54) is 0 Å². The summed E-state index contributed by atoms with van der Waals surface area (Å²) in [4.78, 5) is 31.1. The number of carbonyl (C=O) groups is 2. The molecule has 0 atom stereocenters. The number of rotatable bonds is 10. The highest BCUT2D eigenvalue weighted by atomic mass is 35.5. The summed E-state index contributed by atoms with van der Waals surface area (Å²) in [5.74, 6) is 0.985. The molecule has 0 amide bonds. The Hall–Kier alpha value is -4.09. The Morgan fingerprint density at radius 2 is 1.44 bits per heavy atom. The highest BCUT2D eigenvalue weighted by molar-refractivity contribution is 6.30. The highest BCUT2D eigenvalue weighted by Gasteiger charge is 2.49. The third-order valence-electron chi connectivity index (χ3n) is 9.65. The lowest BCUT2D eigenvalue weighted by molar-refractivity contribution is -0.119. The first-order chi connectivity index (χ1) is 22.9. The Morgan fingerprint density at radius 3 is 2.00 bits per heavy atom. The van der Waals surface area contributed by atoms with E-state index in [0.717, 1.165) is 57.6 Å². The molecule has 0 N–H and O–H groups in total. The molecule has 0 unspecified atom stereocenters. The quantitative estimate of drug-likeness (QED) is 0.202. The minimum atomic E-state index is -0.484. The summed E-state index contributed by atoms with van der Waals surface area (Å²) in [7, 11) is 0. The van der Waals surface area contributed by atoms with Crippen LogP contribution in [0.3, 0.4) is 0 Å². The Balaban J connectivity index is 1.54. The van der Waals surface area contributed by atoms with Crippen LogP contribution < -0.4 is 9.47 Å². The van der Waals surface area contributed by atoms with Crippen LogP contribution in [0.4, 0.5) is 0 Å². The molecule has 3 aromatic rings. The molecule has 6 rings (SSSR count). The standard InChI is InChI=1S/C42H46ClNO4/c1-7-12-29-19-30(20-36(47-8-2)40(29)48-26-28-15-17-31(43)18-16-28)37-38-32(21-41(3,4)23-34(38)45)44(25-27-13-10-9-11-14-27)33-22-42(5,6)24-35(46)39(33)37/h7,9-11,13-20,37H,1,8,12,21-26H2,2-6H3. The van der Waals surface area contributed by atoms with Gasteiger partial charge in [-0.05, 0) is 71.9 Å². The van der Waals surface area contributed by atoms with Crippen molar-refractivity contribution in [3.05, 3.63) is 129 Å². The SMILES string of the molecule is C=CCc1cc(C2C3=C(CC(C)(C)CC3=O)N(Cc3ccccc3)C3=C2C(=O)CC(C)(C)C3)cc(OCC)c1OCc1ccc(Cl)cc1. The average Bonchev–Trinajstić information content (AvgIpc) is 3.01. The smallest absolute Gasteiger partial charge is 0.165 e. The van der Waals surface area contributed by atoms with Crippen LogP contribution in [-0.4, -0.2) is 23.1 Å². The number of benzene rings is 3. The molecule has 1 aliphatic heterocycles. The second-order valence-electron chi connectivity index (χ2n) is 15.0. The fourth-order valence-corrected chi connectivity index (χ4v) is 7.78. The number of hydrogen-bond donors (Lipinski definition) is 0. The van der Waals surface area contributed by atoms with E-state index in [2.05, 4.69) is 57.4 Å². The number of carbonyl (C=O) groups excluding carboxylic acids is 2. The van der Waals surface area contributed by atoms with Crippen LogP contribution in [0.25, 0.3) is 0 Å². The predicted molar refractivity (Wildman–Crippen MR) is 192 cm³/mol. The predicted octanol–water partition coefficient (Wildman–Crippen LogP) is 9.93. The van der Waals surface area contributed by atoms with Crippen LogP contribution >= 0.6 is 11.6 Å². The molecular weight excluding hydrogens is 618 g/mol. The largest absolute Gasteiger partial charge is 0.490 e. The molecule has 48 heavy (non-hydrogen) atoms. The second-order valence-corrected chi connectivity index (χ2v) is 15.4. The van der Waals surface area contributed by atoms with Crippen LogP contribution in [0.5, 0.6) is 11.5 Å². The summed E-state index contributed by atoms with van der Waals surface area (Å²) in [5.41, 5.74) is 7.10. The molecule has 3 aliphatic rings. The monoisotopic (exact) mass is 663 g/mol. The van der Waals surface area contributed by atoms with Crippen LogP contribution in [-0.2, 0) is 29.2 Å². The lowest BCUT2D eigenvalue weighted by Crippen LogP contribution is -2.44. The van der Waals surface area contributed by atoms with E-state index < -0.39 is 5.92 Å². The summed E-state index contributed by atoms with van der Waals surface area (Å²) < 4.78 is 12.7. The third-order valence-corrected chi connectivity index (χ3v) is 9.91.